The fourth-order valence-corrected chi connectivity index (χ4v) is 2.84. The standard InChI is InChI=1S/C17H23N3O3/c1-12-5-14(7-15(6-12)23-2)8-18-17(22)20-10-16(21)19(11-20)9-13-3-4-13/h5-7,13H,3-4,8-11H2,1-2H3,(H,18,22). The summed E-state index contributed by atoms with van der Waals surface area (Å²) in [5.41, 5.74) is 2.07. The lowest BCUT2D eigenvalue weighted by atomic mass is 10.1. The number of ether oxygens (including phenoxy) is 1. The molecule has 0 unspecified atom stereocenters. The van der Waals surface area contributed by atoms with Crippen molar-refractivity contribution in [2.75, 3.05) is 26.9 Å². The second kappa shape index (κ2) is 6.48. The number of carbonyl (C=O) groups excluding carboxylic acids is 2. The van der Waals surface area contributed by atoms with E-state index in [1.807, 2.05) is 25.1 Å². The van der Waals surface area contributed by atoms with Crippen LogP contribution >= 0.6 is 0 Å². The van der Waals surface area contributed by atoms with E-state index in [0.717, 1.165) is 23.4 Å². The van der Waals surface area contributed by atoms with Gasteiger partial charge in [0, 0.05) is 13.1 Å². The van der Waals surface area contributed by atoms with Gasteiger partial charge in [-0.3, -0.25) is 9.69 Å². The maximum atomic E-state index is 12.3. The van der Waals surface area contributed by atoms with Crippen LogP contribution in [0.2, 0.25) is 0 Å². The molecule has 0 radical (unpaired) electrons. The lowest BCUT2D eigenvalue weighted by Crippen LogP contribution is -2.39. The number of nitrogens with one attached hydrogen (secondary N) is 1. The van der Waals surface area contributed by atoms with Gasteiger partial charge in [0.2, 0.25) is 5.91 Å². The fraction of sp³-hybridized carbons (Fsp3) is 0.529. The van der Waals surface area contributed by atoms with Crippen molar-refractivity contribution in [1.82, 2.24) is 15.1 Å². The summed E-state index contributed by atoms with van der Waals surface area (Å²) < 4.78 is 5.24. The Kier molecular flexibility index (Phi) is 4.41. The Labute approximate surface area is 136 Å². The number of nitrogens with zero attached hydrogens (tertiary/aromatic N) is 2. The topological polar surface area (TPSA) is 61.9 Å². The zero-order chi connectivity index (χ0) is 16.4. The minimum Gasteiger partial charge on any atom is -0.497 e. The maximum Gasteiger partial charge on any atom is 0.319 e. The normalized spacial score (nSPS) is 17.6. The molecule has 1 aliphatic heterocycles. The van der Waals surface area contributed by atoms with Crippen molar-refractivity contribution >= 4 is 11.9 Å². The summed E-state index contributed by atoms with van der Waals surface area (Å²) in [7, 11) is 1.63. The molecule has 1 saturated heterocycles. The van der Waals surface area contributed by atoms with E-state index < -0.39 is 0 Å². The molecule has 124 valence electrons. The van der Waals surface area contributed by atoms with Crippen molar-refractivity contribution in [3.8, 4) is 5.75 Å². The molecule has 0 spiro atoms. The quantitative estimate of drug-likeness (QED) is 0.899. The number of carbonyl (C=O) groups is 2. The number of urea groups is 1. The number of benzene rings is 1. The van der Waals surface area contributed by atoms with Crippen LogP contribution in [0.4, 0.5) is 4.79 Å². The second-order valence-electron chi connectivity index (χ2n) is 6.42. The third-order valence-corrected chi connectivity index (χ3v) is 4.27. The number of aryl methyl sites for hydroxylation is 1. The number of hydrogen-bond donors (Lipinski definition) is 1. The molecule has 3 amide bonds. The van der Waals surface area contributed by atoms with E-state index in [2.05, 4.69) is 5.32 Å². The summed E-state index contributed by atoms with van der Waals surface area (Å²) >= 11 is 0. The van der Waals surface area contributed by atoms with E-state index in [9.17, 15) is 9.59 Å². The van der Waals surface area contributed by atoms with Gasteiger partial charge in [-0.1, -0.05) is 6.07 Å². The van der Waals surface area contributed by atoms with Crippen LogP contribution in [-0.4, -0.2) is 48.6 Å². The van der Waals surface area contributed by atoms with Crippen molar-refractivity contribution < 1.29 is 14.3 Å². The molecule has 23 heavy (non-hydrogen) atoms. The average Bonchev–Trinajstić information content (AvgIpc) is 3.27. The Morgan fingerprint density at radius 2 is 2.13 bits per heavy atom. The van der Waals surface area contributed by atoms with Crippen molar-refractivity contribution in [1.29, 1.82) is 0 Å². The molecule has 0 atom stereocenters. The van der Waals surface area contributed by atoms with Crippen LogP contribution in [0.3, 0.4) is 0 Å². The Balaban J connectivity index is 1.53. The van der Waals surface area contributed by atoms with Crippen LogP contribution in [0.1, 0.15) is 24.0 Å². The van der Waals surface area contributed by atoms with Gasteiger partial charge in [-0.05, 0) is 48.9 Å². The predicted octanol–water partition coefficient (Wildman–Crippen LogP) is 1.72. The first-order valence-corrected chi connectivity index (χ1v) is 8.00. The Morgan fingerprint density at radius 1 is 1.35 bits per heavy atom. The van der Waals surface area contributed by atoms with E-state index in [-0.39, 0.29) is 18.5 Å². The lowest BCUT2D eigenvalue weighted by molar-refractivity contribution is -0.126. The molecule has 1 saturated carbocycles. The smallest absolute Gasteiger partial charge is 0.319 e. The second-order valence-corrected chi connectivity index (χ2v) is 6.42. The summed E-state index contributed by atoms with van der Waals surface area (Å²) in [6.07, 6.45) is 2.40. The molecule has 0 aromatic heterocycles. The van der Waals surface area contributed by atoms with Crippen LogP contribution in [0, 0.1) is 12.8 Å². The Morgan fingerprint density at radius 3 is 2.83 bits per heavy atom. The molecular formula is C17H23N3O3. The summed E-state index contributed by atoms with van der Waals surface area (Å²) in [5.74, 6) is 1.47. The highest BCUT2D eigenvalue weighted by Gasteiger charge is 2.34. The van der Waals surface area contributed by atoms with E-state index in [1.165, 1.54) is 12.8 Å². The highest BCUT2D eigenvalue weighted by atomic mass is 16.5. The van der Waals surface area contributed by atoms with Crippen LogP contribution in [0.25, 0.3) is 0 Å². The molecule has 3 rings (SSSR count). The minimum absolute atomic E-state index is 0.0456. The molecule has 1 aliphatic carbocycles. The molecular weight excluding hydrogens is 294 g/mol. The summed E-state index contributed by atoms with van der Waals surface area (Å²) in [5, 5.41) is 2.88. The Hall–Kier alpha value is -2.24. The summed E-state index contributed by atoms with van der Waals surface area (Å²) in [4.78, 5) is 27.5. The molecule has 2 aliphatic rings. The minimum atomic E-state index is -0.197. The zero-order valence-corrected chi connectivity index (χ0v) is 13.7. The molecule has 1 aromatic carbocycles. The number of rotatable bonds is 5. The third-order valence-electron chi connectivity index (χ3n) is 4.27. The predicted molar refractivity (Wildman–Crippen MR) is 86.0 cm³/mol. The van der Waals surface area contributed by atoms with Crippen LogP contribution in [0.15, 0.2) is 18.2 Å². The van der Waals surface area contributed by atoms with Crippen LogP contribution in [-0.2, 0) is 11.3 Å². The summed E-state index contributed by atoms with van der Waals surface area (Å²) in [6.45, 7) is 3.78. The van der Waals surface area contributed by atoms with E-state index in [0.29, 0.717) is 19.1 Å². The molecule has 0 bridgehead atoms. The fourth-order valence-electron chi connectivity index (χ4n) is 2.84. The van der Waals surface area contributed by atoms with E-state index in [4.69, 9.17) is 4.74 Å². The first-order chi connectivity index (χ1) is 11.0. The largest absolute Gasteiger partial charge is 0.497 e. The molecule has 1 N–H and O–H groups in total. The monoisotopic (exact) mass is 317 g/mol. The highest BCUT2D eigenvalue weighted by Crippen LogP contribution is 2.30. The zero-order valence-electron chi connectivity index (χ0n) is 13.7. The van der Waals surface area contributed by atoms with Gasteiger partial charge in [0.15, 0.2) is 0 Å². The first-order valence-electron chi connectivity index (χ1n) is 8.00. The maximum absolute atomic E-state index is 12.3. The molecule has 1 aromatic rings. The van der Waals surface area contributed by atoms with Gasteiger partial charge in [0.05, 0.1) is 13.8 Å². The van der Waals surface area contributed by atoms with Crippen molar-refractivity contribution in [2.45, 2.75) is 26.3 Å². The van der Waals surface area contributed by atoms with Crippen LogP contribution in [0.5, 0.6) is 5.75 Å². The Bertz CT molecular complexity index is 613. The third kappa shape index (κ3) is 3.94. The molecule has 6 heteroatoms. The lowest BCUT2D eigenvalue weighted by Gasteiger charge is -2.18. The molecule has 1 heterocycles. The summed E-state index contributed by atoms with van der Waals surface area (Å²) in [6, 6.07) is 5.66. The first kappa shape index (κ1) is 15.6. The highest BCUT2D eigenvalue weighted by molar-refractivity contribution is 5.87. The average molecular weight is 317 g/mol. The van der Waals surface area contributed by atoms with Gasteiger partial charge < -0.3 is 15.0 Å². The molecule has 6 nitrogen and oxygen atoms in total. The van der Waals surface area contributed by atoms with Crippen molar-refractivity contribution in [3.05, 3.63) is 29.3 Å². The van der Waals surface area contributed by atoms with Gasteiger partial charge in [-0.25, -0.2) is 4.79 Å². The number of methoxy groups -OCH3 is 1. The van der Waals surface area contributed by atoms with Gasteiger partial charge >= 0.3 is 6.03 Å². The van der Waals surface area contributed by atoms with Gasteiger partial charge in [-0.15, -0.1) is 0 Å². The molecule has 2 fully saturated rings. The SMILES string of the molecule is COc1cc(C)cc(CNC(=O)N2CC(=O)N(CC3CC3)C2)c1. The van der Waals surface area contributed by atoms with Crippen molar-refractivity contribution in [2.24, 2.45) is 5.92 Å². The van der Waals surface area contributed by atoms with Gasteiger partial charge in [0.25, 0.3) is 0 Å². The van der Waals surface area contributed by atoms with Crippen LogP contribution < -0.4 is 10.1 Å². The van der Waals surface area contributed by atoms with Gasteiger partial charge in [0.1, 0.15) is 12.3 Å². The van der Waals surface area contributed by atoms with Gasteiger partial charge in [-0.2, -0.15) is 0 Å². The van der Waals surface area contributed by atoms with E-state index in [1.54, 1.807) is 16.9 Å². The van der Waals surface area contributed by atoms with E-state index >= 15 is 0 Å². The number of amides is 3. The van der Waals surface area contributed by atoms with Crippen molar-refractivity contribution in [3.63, 3.8) is 0 Å². The number of hydrogen-bond acceptors (Lipinski definition) is 3.